The van der Waals surface area contributed by atoms with Crippen LogP contribution in [0, 0.1) is 5.92 Å². The van der Waals surface area contributed by atoms with Gasteiger partial charge in [0.2, 0.25) is 5.88 Å². The highest BCUT2D eigenvalue weighted by molar-refractivity contribution is 6.36. The first-order chi connectivity index (χ1) is 15.4. The van der Waals surface area contributed by atoms with Crippen LogP contribution in [-0.4, -0.2) is 59.6 Å². The molecule has 2 aliphatic heterocycles. The molecule has 172 valence electrons. The Labute approximate surface area is 200 Å². The maximum Gasteiger partial charge on any atom is 0.324 e. The van der Waals surface area contributed by atoms with Crippen molar-refractivity contribution in [2.75, 3.05) is 37.6 Å². The number of benzene rings is 1. The van der Waals surface area contributed by atoms with E-state index in [0.717, 1.165) is 38.0 Å². The van der Waals surface area contributed by atoms with E-state index in [9.17, 15) is 4.79 Å². The second-order valence-corrected chi connectivity index (χ2v) is 9.81. The number of amides is 2. The summed E-state index contributed by atoms with van der Waals surface area (Å²) in [4.78, 5) is 23.4. The first-order valence-corrected chi connectivity index (χ1v) is 12.0. The van der Waals surface area contributed by atoms with Gasteiger partial charge in [0.05, 0.1) is 10.7 Å². The SMILES string of the molecule is CC(C)CN1CCC(Oc2ccc(CN3CCN(c4ccc(Cl)cc4Cl)C3=O)cn2)CC1. The van der Waals surface area contributed by atoms with Crippen LogP contribution in [-0.2, 0) is 6.54 Å². The molecule has 3 heterocycles. The molecule has 0 N–H and O–H groups in total. The van der Waals surface area contributed by atoms with E-state index < -0.39 is 0 Å². The maximum atomic E-state index is 12.9. The maximum absolute atomic E-state index is 12.9. The van der Waals surface area contributed by atoms with E-state index in [2.05, 4.69) is 23.7 Å². The molecule has 2 aromatic rings. The number of aromatic nitrogens is 1. The summed E-state index contributed by atoms with van der Waals surface area (Å²) >= 11 is 12.3. The largest absolute Gasteiger partial charge is 0.474 e. The number of rotatable bonds is 7. The van der Waals surface area contributed by atoms with Crippen molar-refractivity contribution < 1.29 is 9.53 Å². The lowest BCUT2D eigenvalue weighted by Crippen LogP contribution is -2.40. The monoisotopic (exact) mass is 476 g/mol. The van der Waals surface area contributed by atoms with Crippen LogP contribution in [0.4, 0.5) is 10.5 Å². The molecule has 2 saturated heterocycles. The molecule has 0 radical (unpaired) electrons. The molecule has 1 aromatic carbocycles. The first-order valence-electron chi connectivity index (χ1n) is 11.2. The predicted molar refractivity (Wildman–Crippen MR) is 129 cm³/mol. The van der Waals surface area contributed by atoms with Crippen molar-refractivity contribution in [1.29, 1.82) is 0 Å². The van der Waals surface area contributed by atoms with Gasteiger partial charge in [-0.25, -0.2) is 9.78 Å². The standard InChI is InChI=1S/C24H30Cl2N4O2/c1-17(2)15-28-9-7-20(8-10-28)32-23-6-3-18(14-27-23)16-29-11-12-30(24(29)31)22-5-4-19(25)13-21(22)26/h3-6,13-14,17,20H,7-12,15-16H2,1-2H3. The highest BCUT2D eigenvalue weighted by Gasteiger charge is 2.31. The zero-order valence-corrected chi connectivity index (χ0v) is 20.1. The minimum absolute atomic E-state index is 0.0669. The smallest absolute Gasteiger partial charge is 0.324 e. The number of hydrogen-bond acceptors (Lipinski definition) is 4. The fraction of sp³-hybridized carbons (Fsp3) is 0.500. The second-order valence-electron chi connectivity index (χ2n) is 8.97. The molecule has 0 spiro atoms. The summed E-state index contributed by atoms with van der Waals surface area (Å²) < 4.78 is 6.10. The number of piperidine rings is 1. The van der Waals surface area contributed by atoms with Crippen LogP contribution >= 0.6 is 23.2 Å². The summed E-state index contributed by atoms with van der Waals surface area (Å²) in [5, 5.41) is 1.03. The zero-order chi connectivity index (χ0) is 22.7. The number of anilines is 1. The van der Waals surface area contributed by atoms with Gasteiger partial charge in [-0.2, -0.15) is 0 Å². The van der Waals surface area contributed by atoms with Crippen molar-refractivity contribution in [3.8, 4) is 5.88 Å². The van der Waals surface area contributed by atoms with Crippen LogP contribution in [0.3, 0.4) is 0 Å². The Morgan fingerprint density at radius 3 is 2.53 bits per heavy atom. The average Bonchev–Trinajstić information content (AvgIpc) is 3.10. The minimum Gasteiger partial charge on any atom is -0.474 e. The molecule has 0 aliphatic carbocycles. The average molecular weight is 477 g/mol. The van der Waals surface area contributed by atoms with Gasteiger partial charge in [-0.15, -0.1) is 0 Å². The zero-order valence-electron chi connectivity index (χ0n) is 18.6. The molecule has 6 nitrogen and oxygen atoms in total. The Kier molecular flexibility index (Phi) is 7.44. The van der Waals surface area contributed by atoms with Crippen molar-refractivity contribution in [1.82, 2.24) is 14.8 Å². The molecule has 8 heteroatoms. The third-order valence-electron chi connectivity index (χ3n) is 5.91. The molecular formula is C24H30Cl2N4O2. The molecule has 0 unspecified atom stereocenters. The van der Waals surface area contributed by atoms with Gasteiger partial charge in [-0.3, -0.25) is 4.90 Å². The molecular weight excluding hydrogens is 447 g/mol. The summed E-state index contributed by atoms with van der Waals surface area (Å²) in [6.07, 6.45) is 4.08. The number of carbonyl (C=O) groups is 1. The number of likely N-dealkylation sites (tertiary alicyclic amines) is 1. The Bertz CT molecular complexity index is 930. The normalized spacial score (nSPS) is 18.1. The van der Waals surface area contributed by atoms with Crippen molar-refractivity contribution in [2.45, 2.75) is 39.3 Å². The fourth-order valence-corrected chi connectivity index (χ4v) is 4.85. The van der Waals surface area contributed by atoms with Crippen LogP contribution in [0.15, 0.2) is 36.5 Å². The number of ether oxygens (including phenoxy) is 1. The highest BCUT2D eigenvalue weighted by atomic mass is 35.5. The van der Waals surface area contributed by atoms with Gasteiger partial charge >= 0.3 is 6.03 Å². The second kappa shape index (κ2) is 10.3. The highest BCUT2D eigenvalue weighted by Crippen LogP contribution is 2.31. The topological polar surface area (TPSA) is 48.9 Å². The molecule has 1 aromatic heterocycles. The quantitative estimate of drug-likeness (QED) is 0.541. The van der Waals surface area contributed by atoms with E-state index in [1.54, 1.807) is 34.2 Å². The molecule has 2 aliphatic rings. The van der Waals surface area contributed by atoms with Crippen LogP contribution in [0.2, 0.25) is 10.0 Å². The first kappa shape index (κ1) is 23.1. The minimum atomic E-state index is -0.0669. The van der Waals surface area contributed by atoms with Crippen molar-refractivity contribution in [3.05, 3.63) is 52.1 Å². The van der Waals surface area contributed by atoms with Gasteiger partial charge in [0, 0.05) is 56.6 Å². The van der Waals surface area contributed by atoms with E-state index >= 15 is 0 Å². The number of pyridine rings is 1. The Morgan fingerprint density at radius 1 is 1.09 bits per heavy atom. The summed E-state index contributed by atoms with van der Waals surface area (Å²) in [6, 6.07) is 9.02. The van der Waals surface area contributed by atoms with Gasteiger partial charge in [0.15, 0.2) is 0 Å². The van der Waals surface area contributed by atoms with E-state index in [1.807, 2.05) is 12.1 Å². The molecule has 0 atom stereocenters. The molecule has 4 rings (SSSR count). The number of nitrogens with zero attached hydrogens (tertiary/aromatic N) is 4. The molecule has 0 saturated carbocycles. The number of halogens is 2. The lowest BCUT2D eigenvalue weighted by atomic mass is 10.1. The Balaban J connectivity index is 1.29. The van der Waals surface area contributed by atoms with Crippen molar-refractivity contribution in [2.24, 2.45) is 5.92 Å². The van der Waals surface area contributed by atoms with Crippen LogP contribution in [0.1, 0.15) is 32.3 Å². The fourth-order valence-electron chi connectivity index (χ4n) is 4.34. The number of hydrogen-bond donors (Lipinski definition) is 0. The number of urea groups is 1. The van der Waals surface area contributed by atoms with Crippen molar-refractivity contribution >= 4 is 34.9 Å². The third kappa shape index (κ3) is 5.66. The van der Waals surface area contributed by atoms with Crippen LogP contribution in [0.5, 0.6) is 5.88 Å². The Hall–Kier alpha value is -2.02. The van der Waals surface area contributed by atoms with E-state index in [4.69, 9.17) is 27.9 Å². The summed E-state index contributed by atoms with van der Waals surface area (Å²) in [6.45, 7) is 9.54. The molecule has 2 fully saturated rings. The van der Waals surface area contributed by atoms with Gasteiger partial charge in [0.1, 0.15) is 6.10 Å². The lowest BCUT2D eigenvalue weighted by Gasteiger charge is -2.32. The van der Waals surface area contributed by atoms with Gasteiger partial charge < -0.3 is 14.5 Å². The van der Waals surface area contributed by atoms with E-state index in [-0.39, 0.29) is 12.1 Å². The predicted octanol–water partition coefficient (Wildman–Crippen LogP) is 5.33. The summed E-state index contributed by atoms with van der Waals surface area (Å²) in [5.41, 5.74) is 1.66. The summed E-state index contributed by atoms with van der Waals surface area (Å²) in [5.74, 6) is 1.35. The lowest BCUT2D eigenvalue weighted by molar-refractivity contribution is 0.0907. The molecule has 32 heavy (non-hydrogen) atoms. The summed E-state index contributed by atoms with van der Waals surface area (Å²) in [7, 11) is 0. The van der Waals surface area contributed by atoms with Crippen molar-refractivity contribution in [3.63, 3.8) is 0 Å². The van der Waals surface area contributed by atoms with E-state index in [0.29, 0.717) is 47.2 Å². The van der Waals surface area contributed by atoms with Gasteiger partial charge in [-0.1, -0.05) is 43.1 Å². The Morgan fingerprint density at radius 2 is 1.88 bits per heavy atom. The molecule has 0 bridgehead atoms. The van der Waals surface area contributed by atoms with E-state index in [1.165, 1.54) is 0 Å². The molecule has 2 amide bonds. The number of carbonyl (C=O) groups excluding carboxylic acids is 1. The van der Waals surface area contributed by atoms with Crippen LogP contribution < -0.4 is 9.64 Å². The van der Waals surface area contributed by atoms with Gasteiger partial charge in [0.25, 0.3) is 0 Å². The third-order valence-corrected chi connectivity index (χ3v) is 6.45. The van der Waals surface area contributed by atoms with Gasteiger partial charge in [-0.05, 0) is 42.5 Å². The van der Waals surface area contributed by atoms with Crippen LogP contribution in [0.25, 0.3) is 0 Å².